The van der Waals surface area contributed by atoms with Crippen LogP contribution in [-0.4, -0.2) is 18.1 Å². The summed E-state index contributed by atoms with van der Waals surface area (Å²) in [5.41, 5.74) is 1.87. The number of methoxy groups -OCH3 is 1. The van der Waals surface area contributed by atoms with Crippen LogP contribution in [0, 0.1) is 11.3 Å². The van der Waals surface area contributed by atoms with Crippen molar-refractivity contribution in [3.63, 3.8) is 0 Å². The maximum Gasteiger partial charge on any atom is 0.230 e. The highest BCUT2D eigenvalue weighted by atomic mass is 32.1. The number of benzene rings is 2. The van der Waals surface area contributed by atoms with Gasteiger partial charge >= 0.3 is 0 Å². The molecule has 0 bridgehead atoms. The Labute approximate surface area is 139 Å². The van der Waals surface area contributed by atoms with Gasteiger partial charge in [-0.05, 0) is 42.0 Å². The van der Waals surface area contributed by atoms with Crippen LogP contribution in [0.4, 0.5) is 5.69 Å². The van der Waals surface area contributed by atoms with Gasteiger partial charge in [-0.3, -0.25) is 4.79 Å². The Balaban J connectivity index is 1.92. The molecule has 6 heteroatoms. The van der Waals surface area contributed by atoms with Gasteiger partial charge in [-0.25, -0.2) is 0 Å². The highest BCUT2D eigenvalue weighted by Crippen LogP contribution is 2.13. The van der Waals surface area contributed by atoms with Gasteiger partial charge in [0, 0.05) is 0 Å². The van der Waals surface area contributed by atoms with Crippen molar-refractivity contribution in [3.05, 3.63) is 59.7 Å². The SMILES string of the molecule is COc1ccc(CC(=O)NC(=S)Nc2ccccc2C#N)cc1. The Bertz CT molecular complexity index is 751. The minimum atomic E-state index is -0.234. The van der Waals surface area contributed by atoms with Gasteiger partial charge in [-0.2, -0.15) is 5.26 Å². The molecule has 0 unspecified atom stereocenters. The molecule has 5 nitrogen and oxygen atoms in total. The van der Waals surface area contributed by atoms with Crippen molar-refractivity contribution in [1.29, 1.82) is 5.26 Å². The molecule has 0 atom stereocenters. The molecule has 1 amide bonds. The summed E-state index contributed by atoms with van der Waals surface area (Å²) >= 11 is 5.10. The van der Waals surface area contributed by atoms with E-state index in [0.717, 1.165) is 11.3 Å². The van der Waals surface area contributed by atoms with Crippen LogP contribution in [-0.2, 0) is 11.2 Å². The molecule has 2 aromatic rings. The lowest BCUT2D eigenvalue weighted by Gasteiger charge is -2.10. The van der Waals surface area contributed by atoms with Crippen molar-refractivity contribution < 1.29 is 9.53 Å². The quantitative estimate of drug-likeness (QED) is 0.845. The maximum atomic E-state index is 12.0. The van der Waals surface area contributed by atoms with Gasteiger partial charge in [-0.1, -0.05) is 24.3 Å². The predicted octanol–water partition coefficient (Wildman–Crippen LogP) is 2.62. The summed E-state index contributed by atoms with van der Waals surface area (Å²) in [5.74, 6) is 0.501. The average molecular weight is 325 g/mol. The summed E-state index contributed by atoms with van der Waals surface area (Å²) in [6.07, 6.45) is 0.200. The number of rotatable bonds is 4. The molecule has 2 aromatic carbocycles. The fourth-order valence-corrected chi connectivity index (χ4v) is 2.17. The second-order valence-electron chi connectivity index (χ2n) is 4.68. The van der Waals surface area contributed by atoms with Gasteiger partial charge in [0.2, 0.25) is 5.91 Å². The van der Waals surface area contributed by atoms with Crippen molar-refractivity contribution in [2.24, 2.45) is 0 Å². The van der Waals surface area contributed by atoms with Crippen molar-refractivity contribution in [2.75, 3.05) is 12.4 Å². The second kappa shape index (κ2) is 7.92. The number of hydrogen-bond acceptors (Lipinski definition) is 4. The lowest BCUT2D eigenvalue weighted by molar-refractivity contribution is -0.119. The first kappa shape index (κ1) is 16.5. The molecule has 116 valence electrons. The molecule has 0 aliphatic carbocycles. The van der Waals surface area contributed by atoms with Crippen LogP contribution >= 0.6 is 12.2 Å². The number of ether oxygens (including phenoxy) is 1. The molecule has 0 radical (unpaired) electrons. The van der Waals surface area contributed by atoms with Gasteiger partial charge < -0.3 is 15.4 Å². The molecule has 2 N–H and O–H groups in total. The number of carbonyl (C=O) groups excluding carboxylic acids is 1. The number of carbonyl (C=O) groups is 1. The Morgan fingerprint density at radius 1 is 1.22 bits per heavy atom. The Morgan fingerprint density at radius 2 is 1.91 bits per heavy atom. The van der Waals surface area contributed by atoms with Crippen LogP contribution in [0.2, 0.25) is 0 Å². The van der Waals surface area contributed by atoms with Gasteiger partial charge in [-0.15, -0.1) is 0 Å². The highest BCUT2D eigenvalue weighted by Gasteiger charge is 2.08. The largest absolute Gasteiger partial charge is 0.497 e. The van der Waals surface area contributed by atoms with Crippen molar-refractivity contribution in [3.8, 4) is 11.8 Å². The standard InChI is InChI=1S/C17H15N3O2S/c1-22-14-8-6-12(7-9-14)10-16(21)20-17(23)19-15-5-3-2-4-13(15)11-18/h2-9H,10H2,1H3,(H2,19,20,21,23). The van der Waals surface area contributed by atoms with Crippen molar-refractivity contribution >= 4 is 28.9 Å². The smallest absolute Gasteiger partial charge is 0.230 e. The molecule has 0 saturated heterocycles. The molecule has 0 saturated carbocycles. The van der Waals surface area contributed by atoms with Crippen molar-refractivity contribution in [1.82, 2.24) is 5.32 Å². The van der Waals surface area contributed by atoms with Crippen LogP contribution in [0.1, 0.15) is 11.1 Å². The minimum Gasteiger partial charge on any atom is -0.497 e. The van der Waals surface area contributed by atoms with Gasteiger partial charge in [0.1, 0.15) is 11.8 Å². The predicted molar refractivity (Wildman–Crippen MR) is 92.2 cm³/mol. The van der Waals surface area contributed by atoms with Gasteiger partial charge in [0.05, 0.1) is 24.8 Å². The summed E-state index contributed by atoms with van der Waals surface area (Å²) < 4.78 is 5.07. The van der Waals surface area contributed by atoms with E-state index >= 15 is 0 Å². The first-order valence-corrected chi connectivity index (χ1v) is 7.26. The first-order valence-electron chi connectivity index (χ1n) is 6.85. The number of thiocarbonyl (C=S) groups is 1. The molecule has 0 aliphatic rings. The van der Waals surface area contributed by atoms with Crippen LogP contribution in [0.25, 0.3) is 0 Å². The fraction of sp³-hybridized carbons (Fsp3) is 0.118. The Hall–Kier alpha value is -2.91. The first-order chi connectivity index (χ1) is 11.1. The molecule has 2 rings (SSSR count). The van der Waals surface area contributed by atoms with Gasteiger partial charge in [0.15, 0.2) is 5.11 Å². The average Bonchev–Trinajstić information content (AvgIpc) is 2.55. The van der Waals surface area contributed by atoms with E-state index in [2.05, 4.69) is 16.7 Å². The van der Waals surface area contributed by atoms with E-state index in [1.165, 1.54) is 0 Å². The molecule has 0 fully saturated rings. The van der Waals surface area contributed by atoms with E-state index < -0.39 is 0 Å². The number of para-hydroxylation sites is 1. The zero-order chi connectivity index (χ0) is 16.7. The number of nitrogens with zero attached hydrogens (tertiary/aromatic N) is 1. The van der Waals surface area contributed by atoms with E-state index in [4.69, 9.17) is 22.2 Å². The van der Waals surface area contributed by atoms with E-state index in [1.54, 1.807) is 43.5 Å². The van der Waals surface area contributed by atoms with Crippen LogP contribution in [0.15, 0.2) is 48.5 Å². The third kappa shape index (κ3) is 4.80. The molecule has 0 heterocycles. The third-order valence-corrected chi connectivity index (χ3v) is 3.28. The van der Waals surface area contributed by atoms with E-state index in [0.29, 0.717) is 11.3 Å². The monoisotopic (exact) mass is 325 g/mol. The van der Waals surface area contributed by atoms with Crippen LogP contribution < -0.4 is 15.4 Å². The van der Waals surface area contributed by atoms with E-state index in [9.17, 15) is 4.79 Å². The van der Waals surface area contributed by atoms with E-state index in [1.807, 2.05) is 12.1 Å². The zero-order valence-corrected chi connectivity index (χ0v) is 13.3. The fourth-order valence-electron chi connectivity index (χ4n) is 1.94. The molecular weight excluding hydrogens is 310 g/mol. The number of nitriles is 1. The molecule has 0 aromatic heterocycles. The topological polar surface area (TPSA) is 74.2 Å². The number of nitrogens with one attached hydrogen (secondary N) is 2. The van der Waals surface area contributed by atoms with Crippen LogP contribution in [0.3, 0.4) is 0 Å². The van der Waals surface area contributed by atoms with Crippen molar-refractivity contribution in [2.45, 2.75) is 6.42 Å². The summed E-state index contributed by atoms with van der Waals surface area (Å²) in [7, 11) is 1.59. The summed E-state index contributed by atoms with van der Waals surface area (Å²) in [6.45, 7) is 0. The van der Waals surface area contributed by atoms with Gasteiger partial charge in [0.25, 0.3) is 0 Å². The molecular formula is C17H15N3O2S. The maximum absolute atomic E-state index is 12.0. The lowest BCUT2D eigenvalue weighted by Crippen LogP contribution is -2.35. The minimum absolute atomic E-state index is 0.159. The number of amides is 1. The highest BCUT2D eigenvalue weighted by molar-refractivity contribution is 7.80. The number of hydrogen-bond donors (Lipinski definition) is 2. The molecule has 0 spiro atoms. The molecule has 23 heavy (non-hydrogen) atoms. The normalized spacial score (nSPS) is 9.57. The Morgan fingerprint density at radius 3 is 2.57 bits per heavy atom. The lowest BCUT2D eigenvalue weighted by atomic mass is 10.1. The van der Waals surface area contributed by atoms with E-state index in [-0.39, 0.29) is 17.4 Å². The number of anilines is 1. The Kier molecular flexibility index (Phi) is 5.67. The van der Waals surface area contributed by atoms with Crippen LogP contribution in [0.5, 0.6) is 5.75 Å². The summed E-state index contributed by atoms with van der Waals surface area (Å²) in [4.78, 5) is 12.0. The second-order valence-corrected chi connectivity index (χ2v) is 5.09. The summed E-state index contributed by atoms with van der Waals surface area (Å²) in [5, 5.41) is 14.6. The zero-order valence-electron chi connectivity index (χ0n) is 12.5. The third-order valence-electron chi connectivity index (χ3n) is 3.07. The molecule has 0 aliphatic heterocycles. The summed E-state index contributed by atoms with van der Waals surface area (Å²) in [6, 6.07) is 16.2.